The Morgan fingerprint density at radius 1 is 1.28 bits per heavy atom. The second kappa shape index (κ2) is 7.37. The van der Waals surface area contributed by atoms with E-state index < -0.39 is 0 Å². The standard InChI is InChI=1S/C19H22N2O3S/c1-13-6-8-14(9-7-13)21-17(22)11-10-15(19(23)20(2)24-3)18(21)16-5-4-12-25-16/h4-9,12,15,18H,10-11H2,1-3H3. The van der Waals surface area contributed by atoms with Crippen LogP contribution in [0.15, 0.2) is 41.8 Å². The number of rotatable bonds is 4. The smallest absolute Gasteiger partial charge is 0.251 e. The first-order valence-corrected chi connectivity index (χ1v) is 9.14. The summed E-state index contributed by atoms with van der Waals surface area (Å²) in [6, 6.07) is 11.5. The molecule has 2 amide bonds. The lowest BCUT2D eigenvalue weighted by Gasteiger charge is -2.40. The van der Waals surface area contributed by atoms with Crippen molar-refractivity contribution >= 4 is 28.8 Å². The molecule has 25 heavy (non-hydrogen) atoms. The van der Waals surface area contributed by atoms with Gasteiger partial charge in [-0.2, -0.15) is 0 Å². The Hall–Kier alpha value is -2.18. The molecule has 5 nitrogen and oxygen atoms in total. The highest BCUT2D eigenvalue weighted by atomic mass is 32.1. The second-order valence-corrected chi connectivity index (χ2v) is 7.20. The molecule has 1 fully saturated rings. The highest BCUT2D eigenvalue weighted by molar-refractivity contribution is 7.10. The van der Waals surface area contributed by atoms with Crippen LogP contribution >= 0.6 is 11.3 Å². The van der Waals surface area contributed by atoms with Crippen molar-refractivity contribution < 1.29 is 14.4 Å². The van der Waals surface area contributed by atoms with Gasteiger partial charge in [0.05, 0.1) is 19.1 Å². The van der Waals surface area contributed by atoms with Gasteiger partial charge < -0.3 is 4.90 Å². The molecule has 1 aromatic heterocycles. The fourth-order valence-electron chi connectivity index (χ4n) is 3.27. The zero-order chi connectivity index (χ0) is 18.0. The van der Waals surface area contributed by atoms with Crippen molar-refractivity contribution in [1.82, 2.24) is 5.06 Å². The zero-order valence-corrected chi connectivity index (χ0v) is 15.5. The highest BCUT2D eigenvalue weighted by Crippen LogP contribution is 2.42. The lowest BCUT2D eigenvalue weighted by Crippen LogP contribution is -2.48. The van der Waals surface area contributed by atoms with Crippen molar-refractivity contribution in [1.29, 1.82) is 0 Å². The fourth-order valence-corrected chi connectivity index (χ4v) is 4.15. The van der Waals surface area contributed by atoms with Gasteiger partial charge in [-0.15, -0.1) is 11.3 Å². The molecule has 2 heterocycles. The molecule has 2 aromatic rings. The van der Waals surface area contributed by atoms with Crippen LogP contribution in [0, 0.1) is 12.8 Å². The Morgan fingerprint density at radius 2 is 2.00 bits per heavy atom. The third-order valence-electron chi connectivity index (χ3n) is 4.65. The maximum absolute atomic E-state index is 12.8. The molecule has 0 radical (unpaired) electrons. The number of aryl methyl sites for hydroxylation is 1. The number of benzene rings is 1. The van der Waals surface area contributed by atoms with Gasteiger partial charge in [0.15, 0.2) is 0 Å². The quantitative estimate of drug-likeness (QED) is 0.785. The van der Waals surface area contributed by atoms with Gasteiger partial charge in [0.2, 0.25) is 5.91 Å². The molecular formula is C19H22N2O3S. The van der Waals surface area contributed by atoms with Crippen LogP contribution in [0.5, 0.6) is 0 Å². The van der Waals surface area contributed by atoms with Crippen LogP contribution in [0.1, 0.15) is 29.3 Å². The Bertz CT molecular complexity index is 743. The molecule has 1 aromatic carbocycles. The first-order valence-electron chi connectivity index (χ1n) is 8.26. The average molecular weight is 358 g/mol. The van der Waals surface area contributed by atoms with Crippen LogP contribution in [-0.2, 0) is 14.4 Å². The molecule has 0 saturated carbocycles. The minimum absolute atomic E-state index is 0.0476. The number of anilines is 1. The van der Waals surface area contributed by atoms with E-state index in [0.29, 0.717) is 12.8 Å². The highest BCUT2D eigenvalue weighted by Gasteiger charge is 2.43. The predicted octanol–water partition coefficient (Wildman–Crippen LogP) is 3.56. The summed E-state index contributed by atoms with van der Waals surface area (Å²) in [5, 5.41) is 3.23. The number of amides is 2. The lowest BCUT2D eigenvalue weighted by molar-refractivity contribution is -0.175. The average Bonchev–Trinajstić information content (AvgIpc) is 3.15. The van der Waals surface area contributed by atoms with E-state index in [4.69, 9.17) is 4.84 Å². The van der Waals surface area contributed by atoms with Crippen molar-refractivity contribution in [3.8, 4) is 0 Å². The van der Waals surface area contributed by atoms with Crippen LogP contribution in [0.4, 0.5) is 5.69 Å². The molecule has 0 aliphatic carbocycles. The van der Waals surface area contributed by atoms with E-state index in [1.807, 2.05) is 48.7 Å². The number of nitrogens with zero attached hydrogens (tertiary/aromatic N) is 2. The number of piperidine rings is 1. The van der Waals surface area contributed by atoms with E-state index in [0.717, 1.165) is 16.1 Å². The SMILES string of the molecule is CON(C)C(=O)C1CCC(=O)N(c2ccc(C)cc2)C1c1cccs1. The Balaban J connectivity index is 2.05. The van der Waals surface area contributed by atoms with Crippen LogP contribution in [0.25, 0.3) is 0 Å². The molecule has 3 rings (SSSR count). The maximum Gasteiger partial charge on any atom is 0.251 e. The van der Waals surface area contributed by atoms with Crippen LogP contribution in [0.2, 0.25) is 0 Å². The minimum Gasteiger partial charge on any atom is -0.303 e. The summed E-state index contributed by atoms with van der Waals surface area (Å²) in [6.45, 7) is 2.01. The van der Waals surface area contributed by atoms with Gasteiger partial charge in [-0.25, -0.2) is 5.06 Å². The molecule has 0 spiro atoms. The summed E-state index contributed by atoms with van der Waals surface area (Å²) in [4.78, 5) is 33.5. The molecule has 2 unspecified atom stereocenters. The van der Waals surface area contributed by atoms with Crippen LogP contribution in [0.3, 0.4) is 0 Å². The molecule has 1 aliphatic heterocycles. The fraction of sp³-hybridized carbons (Fsp3) is 0.368. The van der Waals surface area contributed by atoms with Crippen molar-refractivity contribution in [3.05, 3.63) is 52.2 Å². The number of thiophene rings is 1. The molecular weight excluding hydrogens is 336 g/mol. The van der Waals surface area contributed by atoms with Gasteiger partial charge in [0.25, 0.3) is 5.91 Å². The van der Waals surface area contributed by atoms with Crippen molar-refractivity contribution in [2.45, 2.75) is 25.8 Å². The Morgan fingerprint density at radius 3 is 2.60 bits per heavy atom. The Kier molecular flexibility index (Phi) is 5.20. The molecule has 0 N–H and O–H groups in total. The van der Waals surface area contributed by atoms with Gasteiger partial charge in [-0.05, 0) is 36.9 Å². The zero-order valence-electron chi connectivity index (χ0n) is 14.6. The molecule has 1 aliphatic rings. The van der Waals surface area contributed by atoms with Crippen LogP contribution in [-0.4, -0.2) is 31.0 Å². The van der Waals surface area contributed by atoms with Crippen molar-refractivity contribution in [2.24, 2.45) is 5.92 Å². The van der Waals surface area contributed by atoms with Gasteiger partial charge in [0.1, 0.15) is 0 Å². The van der Waals surface area contributed by atoms with E-state index in [-0.39, 0.29) is 23.8 Å². The summed E-state index contributed by atoms with van der Waals surface area (Å²) < 4.78 is 0. The summed E-state index contributed by atoms with van der Waals surface area (Å²) >= 11 is 1.57. The number of hydroxylamine groups is 2. The summed E-state index contributed by atoms with van der Waals surface area (Å²) in [5.41, 5.74) is 1.96. The third-order valence-corrected chi connectivity index (χ3v) is 5.59. The number of hydrogen-bond acceptors (Lipinski definition) is 4. The van der Waals surface area contributed by atoms with Gasteiger partial charge in [-0.3, -0.25) is 14.4 Å². The number of hydrogen-bond donors (Lipinski definition) is 0. The van der Waals surface area contributed by atoms with E-state index in [9.17, 15) is 9.59 Å². The third kappa shape index (κ3) is 3.45. The normalized spacial score (nSPS) is 20.6. The monoisotopic (exact) mass is 358 g/mol. The van der Waals surface area contributed by atoms with E-state index in [1.165, 1.54) is 12.2 Å². The summed E-state index contributed by atoms with van der Waals surface area (Å²) in [7, 11) is 3.09. The van der Waals surface area contributed by atoms with Gasteiger partial charge in [-0.1, -0.05) is 23.8 Å². The first kappa shape index (κ1) is 17.6. The molecule has 6 heteroatoms. The summed E-state index contributed by atoms with van der Waals surface area (Å²) in [5.74, 6) is -0.389. The van der Waals surface area contributed by atoms with E-state index in [1.54, 1.807) is 23.3 Å². The van der Waals surface area contributed by atoms with Crippen LogP contribution < -0.4 is 4.90 Å². The largest absolute Gasteiger partial charge is 0.303 e. The minimum atomic E-state index is -0.331. The summed E-state index contributed by atoms with van der Waals surface area (Å²) in [6.07, 6.45) is 0.875. The predicted molar refractivity (Wildman–Crippen MR) is 98.2 cm³/mol. The second-order valence-electron chi connectivity index (χ2n) is 6.22. The van der Waals surface area contributed by atoms with Crippen molar-refractivity contribution in [3.63, 3.8) is 0 Å². The Labute approximate surface area is 151 Å². The lowest BCUT2D eigenvalue weighted by atomic mass is 9.86. The molecule has 132 valence electrons. The molecule has 1 saturated heterocycles. The van der Waals surface area contributed by atoms with E-state index >= 15 is 0 Å². The molecule has 0 bridgehead atoms. The van der Waals surface area contributed by atoms with Crippen molar-refractivity contribution in [2.75, 3.05) is 19.1 Å². The first-order chi connectivity index (χ1) is 12.0. The topological polar surface area (TPSA) is 49.9 Å². The number of carbonyl (C=O) groups excluding carboxylic acids is 2. The van der Waals surface area contributed by atoms with E-state index in [2.05, 4.69) is 0 Å². The van der Waals surface area contributed by atoms with Gasteiger partial charge in [0, 0.05) is 24.0 Å². The molecule has 2 atom stereocenters. The number of carbonyl (C=O) groups is 2. The maximum atomic E-state index is 12.8. The van der Waals surface area contributed by atoms with Gasteiger partial charge >= 0.3 is 0 Å².